The van der Waals surface area contributed by atoms with E-state index in [1.54, 1.807) is 30.3 Å². The highest BCUT2D eigenvalue weighted by Gasteiger charge is 2.12. The molecule has 0 fully saturated rings. The molecule has 1 N–H and O–H groups in total. The Morgan fingerprint density at radius 1 is 1.00 bits per heavy atom. The Hall–Kier alpha value is -0.960. The van der Waals surface area contributed by atoms with Gasteiger partial charge in [-0.05, 0) is 36.8 Å². The molecule has 1 unspecified atom stereocenters. The number of halogens is 4. The first-order valence-electron chi connectivity index (χ1n) is 5.64. The summed E-state index contributed by atoms with van der Waals surface area (Å²) < 4.78 is 13.1. The summed E-state index contributed by atoms with van der Waals surface area (Å²) in [5.74, 6) is -0.437. The van der Waals surface area contributed by atoms with E-state index in [0.29, 0.717) is 15.7 Å². The average Bonchev–Trinajstić information content (AvgIpc) is 2.37. The molecule has 2 aromatic carbocycles. The highest BCUT2D eigenvalue weighted by molar-refractivity contribution is 6.39. The topological polar surface area (TPSA) is 12.0 Å². The first kappa shape index (κ1) is 14.4. The van der Waals surface area contributed by atoms with Gasteiger partial charge >= 0.3 is 0 Å². The fourth-order valence-electron chi connectivity index (χ4n) is 1.72. The molecule has 2 aromatic rings. The van der Waals surface area contributed by atoms with E-state index in [1.165, 1.54) is 6.07 Å². The van der Waals surface area contributed by atoms with Crippen molar-refractivity contribution in [2.45, 2.75) is 13.0 Å². The maximum absolute atomic E-state index is 13.1. The second kappa shape index (κ2) is 6.00. The van der Waals surface area contributed by atoms with Crippen molar-refractivity contribution in [3.05, 3.63) is 62.8 Å². The summed E-state index contributed by atoms with van der Waals surface area (Å²) in [6.07, 6.45) is 0. The van der Waals surface area contributed by atoms with Crippen molar-refractivity contribution < 1.29 is 4.39 Å². The van der Waals surface area contributed by atoms with Crippen LogP contribution in [0.15, 0.2) is 36.4 Å². The van der Waals surface area contributed by atoms with Crippen LogP contribution in [-0.4, -0.2) is 0 Å². The van der Waals surface area contributed by atoms with Gasteiger partial charge < -0.3 is 5.32 Å². The van der Waals surface area contributed by atoms with Crippen molar-refractivity contribution in [2.24, 2.45) is 0 Å². The fraction of sp³-hybridized carbons (Fsp3) is 0.143. The van der Waals surface area contributed by atoms with E-state index < -0.39 is 5.82 Å². The van der Waals surface area contributed by atoms with E-state index in [9.17, 15) is 4.39 Å². The van der Waals surface area contributed by atoms with E-state index in [-0.39, 0.29) is 11.1 Å². The summed E-state index contributed by atoms with van der Waals surface area (Å²) in [6.45, 7) is 1.92. The number of nitrogens with one attached hydrogen (secondary N) is 1. The molecule has 5 heteroatoms. The standard InChI is InChI=1S/C14H11Cl3FN/c1-8(9-5-6-13(18)12(17)7-9)19-14-10(15)3-2-4-11(14)16/h2-8,19H,1H3. The Bertz CT molecular complexity index is 581. The molecule has 1 atom stereocenters. The third kappa shape index (κ3) is 3.33. The summed E-state index contributed by atoms with van der Waals surface area (Å²) >= 11 is 17.9. The Morgan fingerprint density at radius 3 is 2.21 bits per heavy atom. The second-order valence-electron chi connectivity index (χ2n) is 4.14. The zero-order chi connectivity index (χ0) is 14.0. The van der Waals surface area contributed by atoms with Crippen LogP contribution in [0.25, 0.3) is 0 Å². The Balaban J connectivity index is 2.25. The lowest BCUT2D eigenvalue weighted by molar-refractivity contribution is 0.627. The lowest BCUT2D eigenvalue weighted by Gasteiger charge is -2.18. The van der Waals surface area contributed by atoms with Gasteiger partial charge in [0.2, 0.25) is 0 Å². The predicted octanol–water partition coefficient (Wildman–Crippen LogP) is 5.96. The molecule has 0 aliphatic carbocycles. The van der Waals surface area contributed by atoms with Gasteiger partial charge in [-0.25, -0.2) is 4.39 Å². The molecule has 0 aliphatic rings. The molecule has 0 saturated carbocycles. The maximum Gasteiger partial charge on any atom is 0.141 e. The van der Waals surface area contributed by atoms with Gasteiger partial charge in [0.1, 0.15) is 5.82 Å². The summed E-state index contributed by atoms with van der Waals surface area (Å²) in [4.78, 5) is 0. The molecule has 0 aliphatic heterocycles. The number of para-hydroxylation sites is 1. The van der Waals surface area contributed by atoms with Crippen molar-refractivity contribution in [1.29, 1.82) is 0 Å². The highest BCUT2D eigenvalue weighted by atomic mass is 35.5. The van der Waals surface area contributed by atoms with E-state index in [2.05, 4.69) is 5.32 Å². The molecule has 0 saturated heterocycles. The van der Waals surface area contributed by atoms with Gasteiger partial charge in [-0.15, -0.1) is 0 Å². The van der Waals surface area contributed by atoms with Gasteiger partial charge in [0.05, 0.1) is 20.8 Å². The normalized spacial score (nSPS) is 12.3. The molecule has 0 spiro atoms. The first-order valence-corrected chi connectivity index (χ1v) is 6.78. The lowest BCUT2D eigenvalue weighted by atomic mass is 10.1. The molecular weight excluding hydrogens is 308 g/mol. The predicted molar refractivity (Wildman–Crippen MR) is 79.9 cm³/mol. The van der Waals surface area contributed by atoms with Gasteiger partial charge in [-0.3, -0.25) is 0 Å². The van der Waals surface area contributed by atoms with Gasteiger partial charge in [-0.2, -0.15) is 0 Å². The molecule has 0 radical (unpaired) electrons. The summed E-state index contributed by atoms with van der Waals surface area (Å²) in [6, 6.07) is 9.76. The van der Waals surface area contributed by atoms with Gasteiger partial charge in [-0.1, -0.05) is 46.9 Å². The zero-order valence-electron chi connectivity index (χ0n) is 10.1. The summed E-state index contributed by atoms with van der Waals surface area (Å²) in [7, 11) is 0. The molecule has 0 amide bonds. The van der Waals surface area contributed by atoms with Crippen molar-refractivity contribution in [3.8, 4) is 0 Å². The quantitative estimate of drug-likeness (QED) is 0.736. The number of hydrogen-bond acceptors (Lipinski definition) is 1. The van der Waals surface area contributed by atoms with Crippen LogP contribution in [0.3, 0.4) is 0 Å². The van der Waals surface area contributed by atoms with E-state index >= 15 is 0 Å². The minimum atomic E-state index is -0.437. The molecule has 100 valence electrons. The van der Waals surface area contributed by atoms with Crippen LogP contribution >= 0.6 is 34.8 Å². The maximum atomic E-state index is 13.1. The number of rotatable bonds is 3. The van der Waals surface area contributed by atoms with Crippen molar-refractivity contribution in [3.63, 3.8) is 0 Å². The molecule has 0 aromatic heterocycles. The third-order valence-corrected chi connectivity index (χ3v) is 3.69. The number of benzene rings is 2. The minimum absolute atomic E-state index is 0.0939. The van der Waals surface area contributed by atoms with Crippen molar-refractivity contribution >= 4 is 40.5 Å². The van der Waals surface area contributed by atoms with Crippen molar-refractivity contribution in [1.82, 2.24) is 0 Å². The zero-order valence-corrected chi connectivity index (χ0v) is 12.3. The highest BCUT2D eigenvalue weighted by Crippen LogP contribution is 2.33. The van der Waals surface area contributed by atoms with Crippen molar-refractivity contribution in [2.75, 3.05) is 5.32 Å². The molecule has 0 heterocycles. The van der Waals surface area contributed by atoms with Crippen LogP contribution in [0.4, 0.5) is 10.1 Å². The van der Waals surface area contributed by atoms with Crippen LogP contribution < -0.4 is 5.32 Å². The van der Waals surface area contributed by atoms with Crippen LogP contribution in [0.5, 0.6) is 0 Å². The summed E-state index contributed by atoms with van der Waals surface area (Å²) in [5, 5.41) is 4.36. The monoisotopic (exact) mass is 317 g/mol. The Kier molecular flexibility index (Phi) is 4.56. The molecule has 0 bridgehead atoms. The lowest BCUT2D eigenvalue weighted by Crippen LogP contribution is -2.07. The van der Waals surface area contributed by atoms with Gasteiger partial charge in [0.15, 0.2) is 0 Å². The van der Waals surface area contributed by atoms with E-state index in [0.717, 1.165) is 5.56 Å². The molecule has 2 rings (SSSR count). The average molecular weight is 319 g/mol. The van der Waals surface area contributed by atoms with E-state index in [4.69, 9.17) is 34.8 Å². The molecule has 19 heavy (non-hydrogen) atoms. The van der Waals surface area contributed by atoms with Gasteiger partial charge in [0.25, 0.3) is 0 Å². The first-order chi connectivity index (χ1) is 8.99. The smallest absolute Gasteiger partial charge is 0.141 e. The largest absolute Gasteiger partial charge is 0.376 e. The van der Waals surface area contributed by atoms with Gasteiger partial charge in [0, 0.05) is 6.04 Å². The van der Waals surface area contributed by atoms with Crippen LogP contribution in [0, 0.1) is 5.82 Å². The minimum Gasteiger partial charge on any atom is -0.376 e. The third-order valence-electron chi connectivity index (χ3n) is 2.77. The summed E-state index contributed by atoms with van der Waals surface area (Å²) in [5.41, 5.74) is 1.50. The SMILES string of the molecule is CC(Nc1c(Cl)cccc1Cl)c1ccc(F)c(Cl)c1. The Labute approximate surface area is 126 Å². The Morgan fingerprint density at radius 2 is 1.63 bits per heavy atom. The second-order valence-corrected chi connectivity index (χ2v) is 5.36. The molecule has 1 nitrogen and oxygen atoms in total. The fourth-order valence-corrected chi connectivity index (χ4v) is 2.41. The van der Waals surface area contributed by atoms with E-state index in [1.807, 2.05) is 6.92 Å². The number of anilines is 1. The van der Waals surface area contributed by atoms with Crippen LogP contribution in [0.1, 0.15) is 18.5 Å². The van der Waals surface area contributed by atoms with Crippen LogP contribution in [0.2, 0.25) is 15.1 Å². The number of hydrogen-bond donors (Lipinski definition) is 1. The van der Waals surface area contributed by atoms with Crippen LogP contribution in [-0.2, 0) is 0 Å². The molecular formula is C14H11Cl3FN.